The molecule has 1 nitrogen and oxygen atoms in total. The van der Waals surface area contributed by atoms with E-state index in [1.54, 1.807) is 6.07 Å². The second kappa shape index (κ2) is 8.32. The third kappa shape index (κ3) is 4.34. The SMILES string of the molecule is CC(C)C[C@H]1C(=C=C2CCCCC2)c2cc(C(F)(F)F)ccc2[C@@H]2CCCCN12. The Balaban J connectivity index is 1.92. The molecule has 4 heteroatoms. The van der Waals surface area contributed by atoms with Crippen LogP contribution in [-0.2, 0) is 6.18 Å². The largest absolute Gasteiger partial charge is 0.416 e. The van der Waals surface area contributed by atoms with Gasteiger partial charge in [0.25, 0.3) is 0 Å². The third-order valence-electron chi connectivity index (χ3n) is 6.77. The van der Waals surface area contributed by atoms with Gasteiger partial charge >= 0.3 is 6.18 Å². The van der Waals surface area contributed by atoms with Gasteiger partial charge < -0.3 is 0 Å². The lowest BCUT2D eigenvalue weighted by atomic mass is 9.77. The van der Waals surface area contributed by atoms with Crippen molar-refractivity contribution < 1.29 is 13.2 Å². The number of rotatable bonds is 2. The van der Waals surface area contributed by atoms with Crippen LogP contribution in [0.4, 0.5) is 13.2 Å². The molecule has 1 saturated heterocycles. The van der Waals surface area contributed by atoms with Crippen molar-refractivity contribution in [1.82, 2.24) is 4.90 Å². The van der Waals surface area contributed by atoms with Gasteiger partial charge in [-0.05, 0) is 86.2 Å². The van der Waals surface area contributed by atoms with Gasteiger partial charge in [0.1, 0.15) is 0 Å². The lowest BCUT2D eigenvalue weighted by Crippen LogP contribution is -2.46. The van der Waals surface area contributed by atoms with Crippen LogP contribution in [0.15, 0.2) is 29.5 Å². The van der Waals surface area contributed by atoms with Crippen molar-refractivity contribution in [3.63, 3.8) is 0 Å². The molecule has 0 radical (unpaired) electrons. The van der Waals surface area contributed by atoms with Crippen LogP contribution in [0.5, 0.6) is 0 Å². The molecule has 1 aliphatic carbocycles. The second-order valence-corrected chi connectivity index (χ2v) is 9.40. The zero-order valence-corrected chi connectivity index (χ0v) is 17.6. The number of piperidine rings is 1. The zero-order valence-electron chi connectivity index (χ0n) is 17.6. The summed E-state index contributed by atoms with van der Waals surface area (Å²) in [6.45, 7) is 5.46. The van der Waals surface area contributed by atoms with Gasteiger partial charge in [-0.2, -0.15) is 13.2 Å². The molecule has 2 aliphatic heterocycles. The lowest BCUT2D eigenvalue weighted by Gasteiger charge is -2.47. The molecule has 1 aromatic rings. The van der Waals surface area contributed by atoms with E-state index in [4.69, 9.17) is 0 Å². The minimum Gasteiger partial charge on any atom is -0.289 e. The summed E-state index contributed by atoms with van der Waals surface area (Å²) >= 11 is 0. The van der Waals surface area contributed by atoms with Gasteiger partial charge in [-0.1, -0.05) is 32.8 Å². The Hall–Kier alpha value is -1.51. The molecular formula is C25H32F3N. The molecule has 0 amide bonds. The number of nitrogens with zero attached hydrogens (tertiary/aromatic N) is 1. The molecule has 2 heterocycles. The van der Waals surface area contributed by atoms with Crippen molar-refractivity contribution in [3.05, 3.63) is 46.2 Å². The summed E-state index contributed by atoms with van der Waals surface area (Å²) in [5.41, 5.74) is 7.39. The molecule has 29 heavy (non-hydrogen) atoms. The summed E-state index contributed by atoms with van der Waals surface area (Å²) in [5.74, 6) is 0.489. The topological polar surface area (TPSA) is 3.24 Å². The molecule has 0 aromatic heterocycles. The summed E-state index contributed by atoms with van der Waals surface area (Å²) < 4.78 is 40.6. The van der Waals surface area contributed by atoms with Gasteiger partial charge in [0.15, 0.2) is 0 Å². The van der Waals surface area contributed by atoms with E-state index in [1.165, 1.54) is 43.4 Å². The highest BCUT2D eigenvalue weighted by Gasteiger charge is 2.40. The smallest absolute Gasteiger partial charge is 0.289 e. The maximum absolute atomic E-state index is 13.5. The van der Waals surface area contributed by atoms with Crippen molar-refractivity contribution >= 4 is 5.57 Å². The van der Waals surface area contributed by atoms with Crippen LogP contribution >= 0.6 is 0 Å². The average molecular weight is 404 g/mol. The molecule has 0 spiro atoms. The van der Waals surface area contributed by atoms with Crippen LogP contribution in [0, 0.1) is 5.92 Å². The van der Waals surface area contributed by atoms with E-state index in [1.807, 2.05) is 0 Å². The standard InChI is InChI=1S/C25H32F3N/c1-17(2)14-24-22(15-18-8-4-3-5-9-18)21-16-19(25(26,27)28)11-12-20(21)23-10-6-7-13-29(23)24/h11-12,16-17,23-24H,3-10,13-14H2,1-2H3/t23-,24-/m0/s1. The number of hydrogen-bond donors (Lipinski definition) is 0. The predicted octanol–water partition coefficient (Wildman–Crippen LogP) is 7.53. The molecule has 2 fully saturated rings. The Labute approximate surface area is 172 Å². The fourth-order valence-corrected chi connectivity index (χ4v) is 5.41. The van der Waals surface area contributed by atoms with Crippen molar-refractivity contribution in [2.24, 2.45) is 5.92 Å². The van der Waals surface area contributed by atoms with Crippen molar-refractivity contribution in [2.75, 3.05) is 6.54 Å². The molecule has 3 aliphatic rings. The Morgan fingerprint density at radius 1 is 1.07 bits per heavy atom. The van der Waals surface area contributed by atoms with Crippen molar-refractivity contribution in [3.8, 4) is 0 Å². The van der Waals surface area contributed by atoms with Gasteiger partial charge in [0.2, 0.25) is 0 Å². The minimum atomic E-state index is -4.31. The molecule has 0 bridgehead atoms. The van der Waals surface area contributed by atoms with Gasteiger partial charge in [-0.3, -0.25) is 4.90 Å². The summed E-state index contributed by atoms with van der Waals surface area (Å²) in [6, 6.07) is 4.86. The summed E-state index contributed by atoms with van der Waals surface area (Å²) in [4.78, 5) is 2.57. The van der Waals surface area contributed by atoms with Crippen LogP contribution in [0.1, 0.15) is 94.4 Å². The van der Waals surface area contributed by atoms with E-state index in [2.05, 4.69) is 24.5 Å². The first kappa shape index (κ1) is 20.8. The Morgan fingerprint density at radius 3 is 2.52 bits per heavy atom. The van der Waals surface area contributed by atoms with Gasteiger partial charge in [-0.25, -0.2) is 0 Å². The molecule has 2 atom stereocenters. The summed E-state index contributed by atoms with van der Waals surface area (Å²) in [5, 5.41) is 0. The normalized spacial score (nSPS) is 25.6. The van der Waals surface area contributed by atoms with Crippen LogP contribution in [-0.4, -0.2) is 17.5 Å². The first-order valence-electron chi connectivity index (χ1n) is 11.3. The molecule has 1 aromatic carbocycles. The Kier molecular flexibility index (Phi) is 5.95. The number of fused-ring (bicyclic) bond motifs is 3. The van der Waals surface area contributed by atoms with Crippen LogP contribution in [0.25, 0.3) is 5.57 Å². The van der Waals surface area contributed by atoms with Crippen molar-refractivity contribution in [1.29, 1.82) is 0 Å². The fourth-order valence-electron chi connectivity index (χ4n) is 5.41. The molecule has 0 unspecified atom stereocenters. The molecular weight excluding hydrogens is 371 g/mol. The van der Waals surface area contributed by atoms with Gasteiger partial charge in [0.05, 0.1) is 5.56 Å². The Bertz CT molecular complexity index is 806. The van der Waals surface area contributed by atoms with Crippen LogP contribution < -0.4 is 0 Å². The Morgan fingerprint density at radius 2 is 1.83 bits per heavy atom. The highest BCUT2D eigenvalue weighted by atomic mass is 19.4. The maximum Gasteiger partial charge on any atom is 0.416 e. The van der Waals surface area contributed by atoms with E-state index in [9.17, 15) is 13.2 Å². The fraction of sp³-hybridized carbons (Fsp3) is 0.640. The molecule has 1 saturated carbocycles. The predicted molar refractivity (Wildman–Crippen MR) is 112 cm³/mol. The number of benzene rings is 1. The van der Waals surface area contributed by atoms with Crippen molar-refractivity contribution in [2.45, 2.75) is 89.9 Å². The van der Waals surface area contributed by atoms with E-state index < -0.39 is 11.7 Å². The summed E-state index contributed by atoms with van der Waals surface area (Å²) in [6.07, 6.45) is 5.69. The average Bonchev–Trinajstić information content (AvgIpc) is 2.70. The van der Waals surface area contributed by atoms with E-state index in [0.717, 1.165) is 55.3 Å². The van der Waals surface area contributed by atoms with Gasteiger partial charge in [0, 0.05) is 17.7 Å². The summed E-state index contributed by atoms with van der Waals surface area (Å²) in [7, 11) is 0. The quantitative estimate of drug-likeness (QED) is 0.461. The monoisotopic (exact) mass is 403 g/mol. The number of alkyl halides is 3. The zero-order chi connectivity index (χ0) is 20.6. The van der Waals surface area contributed by atoms with Gasteiger partial charge in [-0.15, -0.1) is 5.73 Å². The third-order valence-corrected chi connectivity index (χ3v) is 6.77. The first-order chi connectivity index (χ1) is 13.8. The van der Waals surface area contributed by atoms with E-state index >= 15 is 0 Å². The first-order valence-corrected chi connectivity index (χ1v) is 11.3. The van der Waals surface area contributed by atoms with Crippen LogP contribution in [0.3, 0.4) is 0 Å². The van der Waals surface area contributed by atoms with Crippen LogP contribution in [0.2, 0.25) is 0 Å². The lowest BCUT2D eigenvalue weighted by molar-refractivity contribution is -0.137. The number of hydrogen-bond acceptors (Lipinski definition) is 1. The molecule has 158 valence electrons. The second-order valence-electron chi connectivity index (χ2n) is 9.40. The highest BCUT2D eigenvalue weighted by Crippen LogP contribution is 2.47. The van der Waals surface area contributed by atoms with E-state index in [-0.39, 0.29) is 12.1 Å². The van der Waals surface area contributed by atoms with E-state index in [0.29, 0.717) is 5.92 Å². The highest BCUT2D eigenvalue weighted by molar-refractivity contribution is 5.75. The maximum atomic E-state index is 13.5. The molecule has 4 rings (SSSR count). The minimum absolute atomic E-state index is 0.172. The number of halogens is 3. The molecule has 0 N–H and O–H groups in total.